The maximum absolute atomic E-state index is 6.00. The van der Waals surface area contributed by atoms with Crippen LogP contribution >= 0.6 is 27.5 Å². The van der Waals surface area contributed by atoms with Gasteiger partial charge in [0.05, 0.1) is 11.7 Å². The minimum atomic E-state index is 0.164. The minimum absolute atomic E-state index is 0.164. The Balaban J connectivity index is 2.23. The maximum atomic E-state index is 6.00. The van der Waals surface area contributed by atoms with Crippen LogP contribution in [0.4, 0.5) is 5.69 Å². The van der Waals surface area contributed by atoms with Crippen LogP contribution in [-0.2, 0) is 0 Å². The molecule has 0 radical (unpaired) electrons. The average molecular weight is 329 g/mol. The van der Waals surface area contributed by atoms with E-state index in [0.717, 1.165) is 21.7 Å². The quantitative estimate of drug-likeness (QED) is 0.806. The lowest BCUT2D eigenvalue weighted by Gasteiger charge is -2.16. The van der Waals surface area contributed by atoms with Crippen molar-refractivity contribution in [1.82, 2.24) is 0 Å². The number of halogens is 2. The second kappa shape index (κ2) is 5.37. The number of rotatable bonds is 3. The molecule has 0 saturated heterocycles. The van der Waals surface area contributed by atoms with Gasteiger partial charge < -0.3 is 9.73 Å². The fraction of sp³-hybridized carbons (Fsp3) is 0.286. The molecule has 1 unspecified atom stereocenters. The molecule has 1 atom stereocenters. The van der Waals surface area contributed by atoms with E-state index in [4.69, 9.17) is 16.0 Å². The number of nitrogens with one attached hydrogen (secondary N) is 1. The van der Waals surface area contributed by atoms with Crippen LogP contribution < -0.4 is 5.32 Å². The first-order valence-electron chi connectivity index (χ1n) is 5.76. The van der Waals surface area contributed by atoms with Gasteiger partial charge in [0.2, 0.25) is 0 Å². The van der Waals surface area contributed by atoms with Gasteiger partial charge in [-0.3, -0.25) is 0 Å². The number of benzene rings is 1. The van der Waals surface area contributed by atoms with Crippen molar-refractivity contribution < 1.29 is 4.42 Å². The first-order valence-corrected chi connectivity index (χ1v) is 6.93. The van der Waals surface area contributed by atoms with E-state index < -0.39 is 0 Å². The molecule has 2 aromatic rings. The second-order valence-electron chi connectivity index (χ2n) is 4.36. The Bertz CT molecular complexity index is 565. The highest BCUT2D eigenvalue weighted by atomic mass is 79.9. The fourth-order valence-corrected chi connectivity index (χ4v) is 2.53. The monoisotopic (exact) mass is 327 g/mol. The van der Waals surface area contributed by atoms with Gasteiger partial charge in [0, 0.05) is 15.1 Å². The topological polar surface area (TPSA) is 25.2 Å². The summed E-state index contributed by atoms with van der Waals surface area (Å²) in [5, 5.41) is 4.15. The van der Waals surface area contributed by atoms with Gasteiger partial charge >= 0.3 is 0 Å². The summed E-state index contributed by atoms with van der Waals surface area (Å²) in [5.41, 5.74) is 2.15. The van der Waals surface area contributed by atoms with E-state index in [-0.39, 0.29) is 6.04 Å². The number of furan rings is 1. The van der Waals surface area contributed by atoms with Crippen LogP contribution in [0.25, 0.3) is 0 Å². The highest BCUT2D eigenvalue weighted by Crippen LogP contribution is 2.30. The average Bonchev–Trinajstić information content (AvgIpc) is 2.63. The Morgan fingerprint density at radius 1 is 1.28 bits per heavy atom. The highest BCUT2D eigenvalue weighted by Gasteiger charge is 2.13. The van der Waals surface area contributed by atoms with E-state index >= 15 is 0 Å². The van der Waals surface area contributed by atoms with Gasteiger partial charge in [0.1, 0.15) is 11.5 Å². The molecule has 2 nitrogen and oxygen atoms in total. The summed E-state index contributed by atoms with van der Waals surface area (Å²) in [4.78, 5) is 0. The standard InChI is InChI=1S/C14H15BrClNO/c1-8-6-12(10(3)18-8)9(2)17-14-7-11(16)4-5-13(14)15/h4-7,9,17H,1-3H3. The molecule has 0 amide bonds. The number of aryl methyl sites for hydroxylation is 2. The molecule has 0 spiro atoms. The lowest BCUT2D eigenvalue weighted by molar-refractivity contribution is 0.500. The molecule has 4 heteroatoms. The van der Waals surface area contributed by atoms with Gasteiger partial charge in [-0.15, -0.1) is 0 Å². The summed E-state index contributed by atoms with van der Waals surface area (Å²) >= 11 is 9.51. The summed E-state index contributed by atoms with van der Waals surface area (Å²) in [5.74, 6) is 1.88. The van der Waals surface area contributed by atoms with E-state index in [1.807, 2.05) is 32.0 Å². The van der Waals surface area contributed by atoms with E-state index in [1.165, 1.54) is 5.56 Å². The molecule has 0 saturated carbocycles. The Hall–Kier alpha value is -0.930. The molecule has 2 rings (SSSR count). The summed E-state index contributed by atoms with van der Waals surface area (Å²) < 4.78 is 6.55. The van der Waals surface area contributed by atoms with Crippen LogP contribution in [-0.4, -0.2) is 0 Å². The highest BCUT2D eigenvalue weighted by molar-refractivity contribution is 9.10. The van der Waals surface area contributed by atoms with E-state index in [0.29, 0.717) is 5.02 Å². The van der Waals surface area contributed by atoms with Gasteiger partial charge in [0.15, 0.2) is 0 Å². The third kappa shape index (κ3) is 2.90. The van der Waals surface area contributed by atoms with E-state index in [9.17, 15) is 0 Å². The molecule has 96 valence electrons. The molecule has 0 aliphatic carbocycles. The van der Waals surface area contributed by atoms with Gasteiger partial charge in [-0.1, -0.05) is 11.6 Å². The normalized spacial score (nSPS) is 12.5. The van der Waals surface area contributed by atoms with Crippen molar-refractivity contribution in [3.05, 3.63) is 50.8 Å². The number of anilines is 1. The Morgan fingerprint density at radius 3 is 2.61 bits per heavy atom. The van der Waals surface area contributed by atoms with Crippen LogP contribution in [0.1, 0.15) is 30.0 Å². The van der Waals surface area contributed by atoms with E-state index in [1.54, 1.807) is 0 Å². The van der Waals surface area contributed by atoms with Crippen molar-refractivity contribution in [1.29, 1.82) is 0 Å². The van der Waals surface area contributed by atoms with Crippen molar-refractivity contribution >= 4 is 33.2 Å². The second-order valence-corrected chi connectivity index (χ2v) is 5.65. The molecule has 0 aliphatic rings. The molecule has 18 heavy (non-hydrogen) atoms. The zero-order valence-electron chi connectivity index (χ0n) is 10.6. The van der Waals surface area contributed by atoms with Crippen molar-refractivity contribution in [3.8, 4) is 0 Å². The van der Waals surface area contributed by atoms with Gasteiger partial charge in [0.25, 0.3) is 0 Å². The van der Waals surface area contributed by atoms with Gasteiger partial charge in [-0.25, -0.2) is 0 Å². The molecule has 0 fully saturated rings. The van der Waals surface area contributed by atoms with Crippen molar-refractivity contribution in [2.45, 2.75) is 26.8 Å². The van der Waals surface area contributed by atoms with Crippen LogP contribution in [0.5, 0.6) is 0 Å². The predicted molar refractivity (Wildman–Crippen MR) is 79.4 cm³/mol. The third-order valence-corrected chi connectivity index (χ3v) is 3.77. The summed E-state index contributed by atoms with van der Waals surface area (Å²) in [6, 6.07) is 7.92. The first-order chi connectivity index (χ1) is 8.47. The Kier molecular flexibility index (Phi) is 4.03. The lowest BCUT2D eigenvalue weighted by atomic mass is 10.1. The maximum Gasteiger partial charge on any atom is 0.106 e. The van der Waals surface area contributed by atoms with Crippen LogP contribution in [0.3, 0.4) is 0 Å². The van der Waals surface area contributed by atoms with E-state index in [2.05, 4.69) is 34.2 Å². The zero-order valence-corrected chi connectivity index (χ0v) is 12.9. The summed E-state index contributed by atoms with van der Waals surface area (Å²) in [7, 11) is 0. The number of hydrogen-bond acceptors (Lipinski definition) is 2. The summed E-state index contributed by atoms with van der Waals surface area (Å²) in [6.07, 6.45) is 0. The SMILES string of the molecule is Cc1cc(C(C)Nc2cc(Cl)ccc2Br)c(C)o1. The molecule has 0 aliphatic heterocycles. The Morgan fingerprint density at radius 2 is 2.00 bits per heavy atom. The number of hydrogen-bond donors (Lipinski definition) is 1. The van der Waals surface area contributed by atoms with Gasteiger partial charge in [-0.05, 0) is 61.0 Å². The fourth-order valence-electron chi connectivity index (χ4n) is 2.00. The van der Waals surface area contributed by atoms with Crippen LogP contribution in [0.2, 0.25) is 5.02 Å². The molecule has 1 heterocycles. The molecule has 0 bridgehead atoms. The largest absolute Gasteiger partial charge is 0.466 e. The smallest absolute Gasteiger partial charge is 0.106 e. The summed E-state index contributed by atoms with van der Waals surface area (Å²) in [6.45, 7) is 6.04. The third-order valence-electron chi connectivity index (χ3n) is 2.85. The lowest BCUT2D eigenvalue weighted by Crippen LogP contribution is -2.07. The molecule has 1 N–H and O–H groups in total. The van der Waals surface area contributed by atoms with Crippen molar-refractivity contribution in [2.75, 3.05) is 5.32 Å². The zero-order chi connectivity index (χ0) is 13.3. The molecule has 1 aromatic heterocycles. The molecular formula is C14H15BrClNO. The molecular weight excluding hydrogens is 314 g/mol. The van der Waals surface area contributed by atoms with Crippen LogP contribution in [0.15, 0.2) is 33.2 Å². The minimum Gasteiger partial charge on any atom is -0.466 e. The first kappa shape index (κ1) is 13.5. The molecule has 1 aromatic carbocycles. The Labute approximate surface area is 120 Å². The van der Waals surface area contributed by atoms with Gasteiger partial charge in [-0.2, -0.15) is 0 Å². The van der Waals surface area contributed by atoms with Crippen molar-refractivity contribution in [3.63, 3.8) is 0 Å². The van der Waals surface area contributed by atoms with Crippen LogP contribution in [0, 0.1) is 13.8 Å². The predicted octanol–water partition coefficient (Wildman–Crippen LogP) is 5.49. The van der Waals surface area contributed by atoms with Crippen molar-refractivity contribution in [2.24, 2.45) is 0 Å².